The van der Waals surface area contributed by atoms with Gasteiger partial charge in [0.05, 0.1) is 17.9 Å². The number of ether oxygens (including phenoxy) is 1. The molecule has 7 unspecified atom stereocenters. The lowest BCUT2D eigenvalue weighted by Gasteiger charge is -2.39. The first-order valence-electron chi connectivity index (χ1n) is 17.3. The van der Waals surface area contributed by atoms with E-state index in [0.29, 0.717) is 36.0 Å². The maximum absolute atomic E-state index is 14.4. The van der Waals surface area contributed by atoms with Gasteiger partial charge in [0.25, 0.3) is 0 Å². The molecule has 8 heteroatoms. The highest BCUT2D eigenvalue weighted by Gasteiger charge is 2.72. The number of nitrogens with zero attached hydrogens (tertiary/aromatic N) is 2. The van der Waals surface area contributed by atoms with E-state index in [2.05, 4.69) is 50.2 Å². The smallest absolute Gasteiger partial charge is 0.246 e. The molecule has 1 spiro atoms. The molecule has 1 aromatic rings. The van der Waals surface area contributed by atoms with Crippen molar-refractivity contribution in [3.8, 4) is 0 Å². The zero-order chi connectivity index (χ0) is 31.2. The molecule has 6 rings (SSSR count). The summed E-state index contributed by atoms with van der Waals surface area (Å²) in [4.78, 5) is 46.9. The molecule has 1 aliphatic carbocycles. The van der Waals surface area contributed by atoms with Crippen LogP contribution < -0.4 is 10.6 Å². The number of anilines is 1. The van der Waals surface area contributed by atoms with Crippen LogP contribution in [-0.2, 0) is 19.1 Å². The van der Waals surface area contributed by atoms with Crippen molar-refractivity contribution in [2.75, 3.05) is 25.0 Å². The van der Waals surface area contributed by atoms with Crippen molar-refractivity contribution in [2.45, 2.75) is 115 Å². The fourth-order valence-electron chi connectivity index (χ4n) is 8.79. The van der Waals surface area contributed by atoms with Crippen molar-refractivity contribution in [2.24, 2.45) is 23.7 Å². The Bertz CT molecular complexity index is 1260. The van der Waals surface area contributed by atoms with Gasteiger partial charge in [0, 0.05) is 30.9 Å². The Morgan fingerprint density at radius 2 is 1.80 bits per heavy atom. The van der Waals surface area contributed by atoms with Crippen LogP contribution in [0.1, 0.15) is 91.0 Å². The number of fused-ring (bicyclic) bond motifs is 1. The Balaban J connectivity index is 1.26. The minimum Gasteiger partial charge on any atom is -0.359 e. The number of hydrogen-bond acceptors (Lipinski definition) is 5. The average molecular weight is 605 g/mol. The number of carbonyl (C=O) groups is 3. The van der Waals surface area contributed by atoms with E-state index in [4.69, 9.17) is 4.74 Å². The maximum atomic E-state index is 14.4. The van der Waals surface area contributed by atoms with Gasteiger partial charge < -0.3 is 20.3 Å². The van der Waals surface area contributed by atoms with Crippen LogP contribution in [-0.4, -0.2) is 77.0 Å². The summed E-state index contributed by atoms with van der Waals surface area (Å²) in [5.41, 5.74) is 0.766. The normalized spacial score (nSPS) is 36.6. The molecule has 2 N–H and O–H groups in total. The molecule has 2 bridgehead atoms. The van der Waals surface area contributed by atoms with Gasteiger partial charge in [-0.25, -0.2) is 0 Å². The summed E-state index contributed by atoms with van der Waals surface area (Å²) in [5.74, 6) is -0.634. The molecule has 3 amide bonds. The first kappa shape index (κ1) is 31.3. The molecule has 0 aromatic heterocycles. The van der Waals surface area contributed by atoms with E-state index in [9.17, 15) is 14.4 Å². The van der Waals surface area contributed by atoms with Crippen molar-refractivity contribution in [3.63, 3.8) is 0 Å². The maximum Gasteiger partial charge on any atom is 0.246 e. The standard InChI is InChI=1S/C36H52N4O4/c1-6-27-11-7-8-19-39(27)20-21-40-32(34(42)38-28-12-9-10-23(4)24(28)5)36-18-17-29(44-36)30(31(36)35(40)43)33(41)37-26-15-13-25(14-16-26)22(2)3/h13-18,22-24,27-32H,6-12,19-21H2,1-5H3,(H,37,41)(H,38,42)/t23?,24?,27?,28?,29-,30?,31-,32?,36?/m1/s1. The van der Waals surface area contributed by atoms with Crippen LogP contribution >= 0.6 is 0 Å². The molecular formula is C36H52N4O4. The van der Waals surface area contributed by atoms with Crippen molar-refractivity contribution < 1.29 is 19.1 Å². The van der Waals surface area contributed by atoms with Crippen molar-refractivity contribution in [3.05, 3.63) is 42.0 Å². The number of nitrogens with one attached hydrogen (secondary N) is 2. The molecule has 0 radical (unpaired) electrons. The lowest BCUT2D eigenvalue weighted by atomic mass is 9.73. The summed E-state index contributed by atoms with van der Waals surface area (Å²) >= 11 is 0. The summed E-state index contributed by atoms with van der Waals surface area (Å²) in [7, 11) is 0. The van der Waals surface area contributed by atoms with E-state index in [1.807, 2.05) is 36.4 Å². The molecule has 4 fully saturated rings. The fraction of sp³-hybridized carbons (Fsp3) is 0.694. The highest BCUT2D eigenvalue weighted by atomic mass is 16.5. The van der Waals surface area contributed by atoms with E-state index in [1.54, 1.807) is 4.90 Å². The van der Waals surface area contributed by atoms with E-state index in [0.717, 1.165) is 38.8 Å². The summed E-state index contributed by atoms with van der Waals surface area (Å²) in [5, 5.41) is 6.44. The number of piperidine rings is 1. The van der Waals surface area contributed by atoms with Crippen LogP contribution in [0.4, 0.5) is 5.69 Å². The van der Waals surface area contributed by atoms with Crippen LogP contribution in [0.5, 0.6) is 0 Å². The fourth-order valence-corrected chi connectivity index (χ4v) is 8.79. The van der Waals surface area contributed by atoms with E-state index >= 15 is 0 Å². The molecule has 5 aliphatic rings. The third kappa shape index (κ3) is 5.51. The van der Waals surface area contributed by atoms with Crippen molar-refractivity contribution in [1.82, 2.24) is 15.1 Å². The number of carbonyl (C=O) groups excluding carboxylic acids is 3. The van der Waals surface area contributed by atoms with Gasteiger partial charge >= 0.3 is 0 Å². The van der Waals surface area contributed by atoms with Gasteiger partial charge in [-0.2, -0.15) is 0 Å². The number of likely N-dealkylation sites (tertiary alicyclic amines) is 2. The highest BCUT2D eigenvalue weighted by Crippen LogP contribution is 2.55. The number of rotatable bonds is 9. The first-order chi connectivity index (χ1) is 21.1. The molecule has 4 aliphatic heterocycles. The van der Waals surface area contributed by atoms with Gasteiger partial charge in [0.2, 0.25) is 17.7 Å². The number of amides is 3. The summed E-state index contributed by atoms with van der Waals surface area (Å²) in [6.07, 6.45) is 11.2. The third-order valence-electron chi connectivity index (χ3n) is 11.7. The van der Waals surface area contributed by atoms with Gasteiger partial charge in [-0.1, -0.05) is 78.2 Å². The molecule has 8 nitrogen and oxygen atoms in total. The SMILES string of the molecule is CCC1CCCCN1CCN1C(=O)[C@H]2C(C(=O)Nc3ccc(C(C)C)cc3)[C@H]3C=CC2(O3)C1C(=O)NC1CCCC(C)C1C. The molecule has 44 heavy (non-hydrogen) atoms. The molecular weight excluding hydrogens is 552 g/mol. The lowest BCUT2D eigenvalue weighted by Crippen LogP contribution is -2.58. The topological polar surface area (TPSA) is 91.0 Å². The zero-order valence-electron chi connectivity index (χ0n) is 27.3. The predicted octanol–water partition coefficient (Wildman–Crippen LogP) is 5.10. The van der Waals surface area contributed by atoms with Crippen LogP contribution in [0.25, 0.3) is 0 Å². The Labute approximate surface area is 263 Å². The van der Waals surface area contributed by atoms with Gasteiger partial charge in [0.1, 0.15) is 11.6 Å². The third-order valence-corrected chi connectivity index (χ3v) is 11.7. The Morgan fingerprint density at radius 3 is 2.52 bits per heavy atom. The van der Waals surface area contributed by atoms with Gasteiger partial charge in [0.15, 0.2) is 0 Å². The van der Waals surface area contributed by atoms with Crippen LogP contribution in [0.2, 0.25) is 0 Å². The molecule has 4 heterocycles. The lowest BCUT2D eigenvalue weighted by molar-refractivity contribution is -0.142. The summed E-state index contributed by atoms with van der Waals surface area (Å²) in [6.45, 7) is 13.2. The minimum absolute atomic E-state index is 0.0701. The van der Waals surface area contributed by atoms with E-state index < -0.39 is 29.6 Å². The van der Waals surface area contributed by atoms with Gasteiger partial charge in [-0.15, -0.1) is 0 Å². The predicted molar refractivity (Wildman–Crippen MR) is 172 cm³/mol. The molecule has 240 valence electrons. The highest BCUT2D eigenvalue weighted by molar-refractivity contribution is 6.02. The van der Waals surface area contributed by atoms with Gasteiger partial charge in [-0.3, -0.25) is 19.3 Å². The zero-order valence-corrected chi connectivity index (χ0v) is 27.3. The van der Waals surface area contributed by atoms with Crippen LogP contribution in [0, 0.1) is 23.7 Å². The van der Waals surface area contributed by atoms with Crippen LogP contribution in [0.3, 0.4) is 0 Å². The second kappa shape index (κ2) is 12.6. The second-order valence-corrected chi connectivity index (χ2v) is 14.5. The monoisotopic (exact) mass is 604 g/mol. The summed E-state index contributed by atoms with van der Waals surface area (Å²) in [6, 6.07) is 7.67. The van der Waals surface area contributed by atoms with E-state index in [1.165, 1.54) is 24.8 Å². The number of benzene rings is 1. The quantitative estimate of drug-likeness (QED) is 0.383. The average Bonchev–Trinajstić information content (AvgIpc) is 3.66. The molecule has 1 saturated carbocycles. The number of hydrogen-bond donors (Lipinski definition) is 2. The van der Waals surface area contributed by atoms with E-state index in [-0.39, 0.29) is 23.8 Å². The minimum atomic E-state index is -1.13. The molecule has 9 atom stereocenters. The second-order valence-electron chi connectivity index (χ2n) is 14.5. The Morgan fingerprint density at radius 1 is 1.02 bits per heavy atom. The molecule has 1 aromatic carbocycles. The van der Waals surface area contributed by atoms with Crippen molar-refractivity contribution in [1.29, 1.82) is 0 Å². The Hall–Kier alpha value is -2.71. The van der Waals surface area contributed by atoms with Crippen LogP contribution in [0.15, 0.2) is 36.4 Å². The molecule has 3 saturated heterocycles. The van der Waals surface area contributed by atoms with Gasteiger partial charge in [-0.05, 0) is 67.7 Å². The first-order valence-corrected chi connectivity index (χ1v) is 17.3. The Kier molecular flexibility index (Phi) is 8.95. The summed E-state index contributed by atoms with van der Waals surface area (Å²) < 4.78 is 6.60. The largest absolute Gasteiger partial charge is 0.359 e. The van der Waals surface area contributed by atoms with Crippen molar-refractivity contribution >= 4 is 23.4 Å².